The molecule has 0 unspecified atom stereocenters. The molecule has 3 aromatic rings. The van der Waals surface area contributed by atoms with E-state index >= 15 is 0 Å². The van der Waals surface area contributed by atoms with Crippen molar-refractivity contribution in [3.63, 3.8) is 0 Å². The molecule has 0 bridgehead atoms. The Morgan fingerprint density at radius 3 is 2.77 bits per heavy atom. The van der Waals surface area contributed by atoms with Gasteiger partial charge in [-0.15, -0.1) is 15.3 Å². The molecule has 0 spiro atoms. The summed E-state index contributed by atoms with van der Waals surface area (Å²) < 4.78 is 7.11. The predicted molar refractivity (Wildman–Crippen MR) is 113 cm³/mol. The Morgan fingerprint density at radius 1 is 1.17 bits per heavy atom. The van der Waals surface area contributed by atoms with Crippen LogP contribution in [0.4, 0.5) is 5.82 Å². The van der Waals surface area contributed by atoms with Crippen LogP contribution in [-0.4, -0.2) is 69.9 Å². The van der Waals surface area contributed by atoms with Crippen LogP contribution >= 0.6 is 0 Å². The Morgan fingerprint density at radius 2 is 2.00 bits per heavy atom. The molecule has 0 saturated carbocycles. The molecule has 1 aliphatic rings. The summed E-state index contributed by atoms with van der Waals surface area (Å²) in [6.45, 7) is 5.95. The van der Waals surface area contributed by atoms with Crippen LogP contribution in [0.1, 0.15) is 31.4 Å². The summed E-state index contributed by atoms with van der Waals surface area (Å²) in [6, 6.07) is 7.85. The second kappa shape index (κ2) is 9.25. The first-order valence-electron chi connectivity index (χ1n) is 10.5. The highest BCUT2D eigenvalue weighted by molar-refractivity contribution is 5.76. The van der Waals surface area contributed by atoms with Crippen molar-refractivity contribution in [3.05, 3.63) is 42.1 Å². The van der Waals surface area contributed by atoms with Gasteiger partial charge in [0.2, 0.25) is 5.91 Å². The molecule has 9 nitrogen and oxygen atoms in total. The van der Waals surface area contributed by atoms with Crippen molar-refractivity contribution in [2.45, 2.75) is 38.6 Å². The van der Waals surface area contributed by atoms with E-state index in [1.165, 1.54) is 0 Å². The van der Waals surface area contributed by atoms with Crippen LogP contribution in [0.5, 0.6) is 0 Å². The lowest BCUT2D eigenvalue weighted by molar-refractivity contribution is -0.121. The number of rotatable bonds is 8. The van der Waals surface area contributed by atoms with Gasteiger partial charge in [-0.25, -0.2) is 0 Å². The zero-order chi connectivity index (χ0) is 20.9. The smallest absolute Gasteiger partial charge is 0.220 e. The lowest BCUT2D eigenvalue weighted by atomic mass is 10.1. The number of aromatic nitrogens is 4. The summed E-state index contributed by atoms with van der Waals surface area (Å²) in [4.78, 5) is 17.0. The van der Waals surface area contributed by atoms with Gasteiger partial charge in [-0.3, -0.25) is 4.79 Å². The second-order valence-electron chi connectivity index (χ2n) is 7.95. The number of furan rings is 1. The topological polar surface area (TPSA) is 91.8 Å². The summed E-state index contributed by atoms with van der Waals surface area (Å²) in [5, 5.41) is 16.2. The Kier molecular flexibility index (Phi) is 6.27. The van der Waals surface area contributed by atoms with Crippen molar-refractivity contribution >= 4 is 17.4 Å². The number of aryl methyl sites for hydroxylation is 2. The highest BCUT2D eigenvalue weighted by Gasteiger charge is 2.17. The summed E-state index contributed by atoms with van der Waals surface area (Å²) >= 11 is 0. The molecule has 1 saturated heterocycles. The fourth-order valence-corrected chi connectivity index (χ4v) is 3.64. The number of anilines is 1. The van der Waals surface area contributed by atoms with Crippen molar-refractivity contribution in [1.82, 2.24) is 30.0 Å². The van der Waals surface area contributed by atoms with Gasteiger partial charge in [-0.2, -0.15) is 4.52 Å². The van der Waals surface area contributed by atoms with E-state index in [1.54, 1.807) is 10.8 Å². The summed E-state index contributed by atoms with van der Waals surface area (Å²) in [6.07, 6.45) is 4.17. The average molecular weight is 412 g/mol. The molecule has 1 N–H and O–H groups in total. The van der Waals surface area contributed by atoms with Gasteiger partial charge in [0.05, 0.1) is 6.26 Å². The minimum Gasteiger partial charge on any atom is -0.469 e. The third kappa shape index (κ3) is 4.96. The molecule has 1 fully saturated rings. The number of nitrogens with zero attached hydrogens (tertiary/aromatic N) is 6. The number of fused-ring (bicyclic) bond motifs is 1. The molecule has 1 aliphatic heterocycles. The zero-order valence-electron chi connectivity index (χ0n) is 17.6. The van der Waals surface area contributed by atoms with Crippen LogP contribution in [0.2, 0.25) is 0 Å². The molecule has 0 radical (unpaired) electrons. The number of nitrogens with one attached hydrogen (secondary N) is 1. The molecule has 4 heterocycles. The van der Waals surface area contributed by atoms with Gasteiger partial charge in [-0.05, 0) is 44.7 Å². The lowest BCUT2D eigenvalue weighted by Crippen LogP contribution is -2.45. The van der Waals surface area contributed by atoms with E-state index in [2.05, 4.69) is 32.4 Å². The molecule has 4 rings (SSSR count). The van der Waals surface area contributed by atoms with E-state index in [9.17, 15) is 4.79 Å². The number of amides is 1. The highest BCUT2D eigenvalue weighted by Crippen LogP contribution is 2.15. The fourth-order valence-electron chi connectivity index (χ4n) is 3.64. The van der Waals surface area contributed by atoms with Crippen molar-refractivity contribution in [2.75, 3.05) is 38.1 Å². The van der Waals surface area contributed by atoms with Gasteiger partial charge in [-0.1, -0.05) is 0 Å². The molecule has 0 aromatic carbocycles. The molecule has 1 amide bonds. The van der Waals surface area contributed by atoms with Crippen molar-refractivity contribution < 1.29 is 9.21 Å². The number of hydrogen-bond acceptors (Lipinski definition) is 7. The maximum Gasteiger partial charge on any atom is 0.220 e. The molecule has 1 atom stereocenters. The van der Waals surface area contributed by atoms with Gasteiger partial charge in [0, 0.05) is 51.5 Å². The first-order chi connectivity index (χ1) is 14.6. The first kappa shape index (κ1) is 20.3. The van der Waals surface area contributed by atoms with E-state index in [-0.39, 0.29) is 11.9 Å². The van der Waals surface area contributed by atoms with Crippen molar-refractivity contribution in [3.8, 4) is 0 Å². The summed E-state index contributed by atoms with van der Waals surface area (Å²) in [5.41, 5.74) is 0.704. The standard InChI is InChI=1S/C21H29N7O2/c1-16(5-6-17-4-3-15-30-17)22-21(29)10-9-19-24-23-18-7-8-20(25-28(18)19)27-13-11-26(2)12-14-27/h3-4,7-8,15-16H,5-6,9-14H2,1-2H3,(H,22,29)/t16-/m0/s1. The van der Waals surface area contributed by atoms with Crippen LogP contribution in [0.15, 0.2) is 34.9 Å². The zero-order valence-corrected chi connectivity index (χ0v) is 17.6. The SMILES string of the molecule is C[C@@H](CCc1ccco1)NC(=O)CCc1nnc2ccc(N3CCN(C)CC3)nn12. The van der Waals surface area contributed by atoms with E-state index in [0.717, 1.165) is 50.6 Å². The number of carbonyl (C=O) groups is 1. The third-order valence-electron chi connectivity index (χ3n) is 5.53. The monoisotopic (exact) mass is 411 g/mol. The molecular weight excluding hydrogens is 382 g/mol. The van der Waals surface area contributed by atoms with Gasteiger partial charge in [0.25, 0.3) is 0 Å². The summed E-state index contributed by atoms with van der Waals surface area (Å²) in [7, 11) is 2.13. The van der Waals surface area contributed by atoms with Crippen LogP contribution < -0.4 is 10.2 Å². The first-order valence-corrected chi connectivity index (χ1v) is 10.5. The number of carbonyl (C=O) groups excluding carboxylic acids is 1. The third-order valence-corrected chi connectivity index (χ3v) is 5.53. The normalized spacial score (nSPS) is 16.1. The number of piperazine rings is 1. The molecular formula is C21H29N7O2. The molecule has 30 heavy (non-hydrogen) atoms. The fraction of sp³-hybridized carbons (Fsp3) is 0.524. The Labute approximate surface area is 176 Å². The Balaban J connectivity index is 1.32. The quantitative estimate of drug-likeness (QED) is 0.601. The molecule has 0 aliphatic carbocycles. The van der Waals surface area contributed by atoms with Crippen LogP contribution in [0.3, 0.4) is 0 Å². The minimum atomic E-state index is 0.00826. The highest BCUT2D eigenvalue weighted by atomic mass is 16.3. The Bertz CT molecular complexity index is 961. The van der Waals surface area contributed by atoms with Crippen LogP contribution in [0.25, 0.3) is 5.65 Å². The van der Waals surface area contributed by atoms with Crippen molar-refractivity contribution in [2.24, 2.45) is 0 Å². The van der Waals surface area contributed by atoms with Gasteiger partial charge in [0.15, 0.2) is 11.5 Å². The maximum absolute atomic E-state index is 12.4. The molecule has 160 valence electrons. The van der Waals surface area contributed by atoms with E-state index in [1.807, 2.05) is 31.2 Å². The second-order valence-corrected chi connectivity index (χ2v) is 7.95. The van der Waals surface area contributed by atoms with E-state index < -0.39 is 0 Å². The minimum absolute atomic E-state index is 0.00826. The van der Waals surface area contributed by atoms with Crippen LogP contribution in [0, 0.1) is 0 Å². The average Bonchev–Trinajstić information content (AvgIpc) is 3.41. The largest absolute Gasteiger partial charge is 0.469 e. The Hall–Kier alpha value is -2.94. The number of hydrogen-bond donors (Lipinski definition) is 1. The van der Waals surface area contributed by atoms with Gasteiger partial charge in [0.1, 0.15) is 11.6 Å². The van der Waals surface area contributed by atoms with Crippen LogP contribution in [-0.2, 0) is 17.6 Å². The van der Waals surface area contributed by atoms with E-state index in [0.29, 0.717) is 24.3 Å². The van der Waals surface area contributed by atoms with E-state index in [4.69, 9.17) is 9.52 Å². The van der Waals surface area contributed by atoms with Gasteiger partial charge >= 0.3 is 0 Å². The predicted octanol–water partition coefficient (Wildman–Crippen LogP) is 1.54. The van der Waals surface area contributed by atoms with Crippen molar-refractivity contribution in [1.29, 1.82) is 0 Å². The van der Waals surface area contributed by atoms with Gasteiger partial charge < -0.3 is 19.5 Å². The molecule has 9 heteroatoms. The maximum atomic E-state index is 12.4. The lowest BCUT2D eigenvalue weighted by Gasteiger charge is -2.33. The molecule has 3 aromatic heterocycles. The summed E-state index contributed by atoms with van der Waals surface area (Å²) in [5.74, 6) is 2.58. The number of likely N-dealkylation sites (N-methyl/N-ethyl adjacent to an activating group) is 1.